The molecule has 0 aromatic carbocycles. The lowest BCUT2D eigenvalue weighted by molar-refractivity contribution is 0.162. The summed E-state index contributed by atoms with van der Waals surface area (Å²) < 4.78 is 0. The van der Waals surface area contributed by atoms with Crippen molar-refractivity contribution in [2.24, 2.45) is 11.8 Å². The van der Waals surface area contributed by atoms with Crippen LogP contribution in [0, 0.1) is 11.8 Å². The summed E-state index contributed by atoms with van der Waals surface area (Å²) in [4.78, 5) is 2.52. The van der Waals surface area contributed by atoms with Gasteiger partial charge in [-0.05, 0) is 44.2 Å². The second-order valence-electron chi connectivity index (χ2n) is 6.39. The number of nitrogens with zero attached hydrogens (tertiary/aromatic N) is 1. The molecule has 1 N–H and O–H groups in total. The van der Waals surface area contributed by atoms with E-state index >= 15 is 0 Å². The van der Waals surface area contributed by atoms with Crippen molar-refractivity contribution in [2.75, 3.05) is 26.2 Å². The van der Waals surface area contributed by atoms with E-state index in [1.807, 2.05) is 0 Å². The molecule has 0 radical (unpaired) electrons. The van der Waals surface area contributed by atoms with Crippen molar-refractivity contribution in [3.05, 3.63) is 0 Å². The highest BCUT2D eigenvalue weighted by Gasteiger charge is 2.18. The van der Waals surface area contributed by atoms with Crippen molar-refractivity contribution in [1.29, 1.82) is 0 Å². The van der Waals surface area contributed by atoms with E-state index in [4.69, 9.17) is 5.11 Å². The van der Waals surface area contributed by atoms with E-state index in [0.29, 0.717) is 6.61 Å². The first-order valence-electron chi connectivity index (χ1n) is 8.05. The van der Waals surface area contributed by atoms with Crippen molar-refractivity contribution in [2.45, 2.75) is 65.2 Å². The SMILES string of the molecule is CC(C)CCCCCC1CCN(CCCO)CC1. The zero-order valence-corrected chi connectivity index (χ0v) is 12.5. The third-order valence-electron chi connectivity index (χ3n) is 4.23. The van der Waals surface area contributed by atoms with Crippen LogP contribution in [0.4, 0.5) is 0 Å². The van der Waals surface area contributed by atoms with Gasteiger partial charge in [-0.15, -0.1) is 0 Å². The predicted octanol–water partition coefficient (Wildman–Crippen LogP) is 3.69. The van der Waals surface area contributed by atoms with Crippen LogP contribution in [0.15, 0.2) is 0 Å². The Labute approximate surface area is 114 Å². The number of unbranched alkanes of at least 4 members (excludes halogenated alkanes) is 2. The molecule has 0 bridgehead atoms. The molecular weight excluding hydrogens is 222 g/mol. The summed E-state index contributed by atoms with van der Waals surface area (Å²) in [5.41, 5.74) is 0. The largest absolute Gasteiger partial charge is 0.396 e. The summed E-state index contributed by atoms with van der Waals surface area (Å²) in [5.74, 6) is 1.86. The van der Waals surface area contributed by atoms with Crippen LogP contribution in [-0.2, 0) is 0 Å². The van der Waals surface area contributed by atoms with E-state index in [-0.39, 0.29) is 0 Å². The molecule has 108 valence electrons. The second kappa shape index (κ2) is 9.80. The van der Waals surface area contributed by atoms with Gasteiger partial charge >= 0.3 is 0 Å². The van der Waals surface area contributed by atoms with Crippen molar-refractivity contribution in [3.8, 4) is 0 Å². The summed E-state index contributed by atoms with van der Waals surface area (Å²) in [6, 6.07) is 0. The highest BCUT2D eigenvalue weighted by Crippen LogP contribution is 2.23. The van der Waals surface area contributed by atoms with E-state index in [9.17, 15) is 0 Å². The van der Waals surface area contributed by atoms with E-state index in [0.717, 1.165) is 24.8 Å². The van der Waals surface area contributed by atoms with Crippen LogP contribution in [0.2, 0.25) is 0 Å². The minimum Gasteiger partial charge on any atom is -0.396 e. The Kier molecular flexibility index (Phi) is 8.70. The molecule has 0 saturated carbocycles. The second-order valence-corrected chi connectivity index (χ2v) is 6.39. The van der Waals surface area contributed by atoms with Gasteiger partial charge in [-0.3, -0.25) is 0 Å². The Morgan fingerprint density at radius 2 is 1.78 bits per heavy atom. The lowest BCUT2D eigenvalue weighted by Crippen LogP contribution is -2.34. The van der Waals surface area contributed by atoms with Gasteiger partial charge in [0.05, 0.1) is 0 Å². The van der Waals surface area contributed by atoms with Crippen LogP contribution in [0.5, 0.6) is 0 Å². The van der Waals surface area contributed by atoms with Gasteiger partial charge in [0.15, 0.2) is 0 Å². The summed E-state index contributed by atoms with van der Waals surface area (Å²) in [6.07, 6.45) is 10.9. The molecule has 0 aromatic rings. The fourth-order valence-electron chi connectivity index (χ4n) is 2.96. The Morgan fingerprint density at radius 3 is 2.39 bits per heavy atom. The zero-order valence-electron chi connectivity index (χ0n) is 12.5. The van der Waals surface area contributed by atoms with Crippen LogP contribution in [0.3, 0.4) is 0 Å². The van der Waals surface area contributed by atoms with Crippen LogP contribution in [-0.4, -0.2) is 36.2 Å². The molecule has 0 aliphatic carbocycles. The molecule has 1 heterocycles. The van der Waals surface area contributed by atoms with Crippen LogP contribution >= 0.6 is 0 Å². The number of likely N-dealkylation sites (tertiary alicyclic amines) is 1. The van der Waals surface area contributed by atoms with E-state index in [2.05, 4.69) is 18.7 Å². The molecule has 1 rings (SSSR count). The van der Waals surface area contributed by atoms with Crippen molar-refractivity contribution < 1.29 is 5.11 Å². The third-order valence-corrected chi connectivity index (χ3v) is 4.23. The first-order valence-corrected chi connectivity index (χ1v) is 8.05. The smallest absolute Gasteiger partial charge is 0.0443 e. The first-order chi connectivity index (χ1) is 8.72. The van der Waals surface area contributed by atoms with Gasteiger partial charge in [-0.1, -0.05) is 46.0 Å². The highest BCUT2D eigenvalue weighted by atomic mass is 16.3. The molecule has 18 heavy (non-hydrogen) atoms. The maximum absolute atomic E-state index is 8.83. The van der Waals surface area contributed by atoms with E-state index in [1.54, 1.807) is 0 Å². The first kappa shape index (κ1) is 16.0. The maximum Gasteiger partial charge on any atom is 0.0443 e. The van der Waals surface area contributed by atoms with Crippen molar-refractivity contribution in [1.82, 2.24) is 4.90 Å². The molecule has 1 aliphatic heterocycles. The summed E-state index contributed by atoms with van der Waals surface area (Å²) in [5, 5.41) is 8.83. The van der Waals surface area contributed by atoms with Gasteiger partial charge in [-0.2, -0.15) is 0 Å². The zero-order chi connectivity index (χ0) is 13.2. The van der Waals surface area contributed by atoms with Crippen LogP contribution in [0.25, 0.3) is 0 Å². The average molecular weight is 255 g/mol. The number of aliphatic hydroxyl groups is 1. The normalized spacial score (nSPS) is 18.7. The van der Waals surface area contributed by atoms with Gasteiger partial charge in [-0.25, -0.2) is 0 Å². The van der Waals surface area contributed by atoms with Crippen molar-refractivity contribution >= 4 is 0 Å². The van der Waals surface area contributed by atoms with Crippen LogP contribution in [0.1, 0.15) is 65.2 Å². The van der Waals surface area contributed by atoms with Gasteiger partial charge in [0, 0.05) is 13.2 Å². The average Bonchev–Trinajstić information content (AvgIpc) is 2.37. The summed E-state index contributed by atoms with van der Waals surface area (Å²) >= 11 is 0. The molecule has 0 atom stereocenters. The summed E-state index contributed by atoms with van der Waals surface area (Å²) in [6.45, 7) is 8.60. The number of hydrogen-bond donors (Lipinski definition) is 1. The fourth-order valence-corrected chi connectivity index (χ4v) is 2.96. The van der Waals surface area contributed by atoms with Gasteiger partial charge < -0.3 is 10.0 Å². The molecule has 0 amide bonds. The molecular formula is C16H33NO. The molecule has 2 heteroatoms. The van der Waals surface area contributed by atoms with Gasteiger partial charge in [0.25, 0.3) is 0 Å². The Morgan fingerprint density at radius 1 is 1.06 bits per heavy atom. The predicted molar refractivity (Wildman–Crippen MR) is 78.8 cm³/mol. The molecule has 1 fully saturated rings. The monoisotopic (exact) mass is 255 g/mol. The number of hydrogen-bond acceptors (Lipinski definition) is 2. The maximum atomic E-state index is 8.83. The molecule has 2 nitrogen and oxygen atoms in total. The Bertz CT molecular complexity index is 186. The number of aliphatic hydroxyl groups excluding tert-OH is 1. The van der Waals surface area contributed by atoms with E-state index in [1.165, 1.54) is 58.0 Å². The lowest BCUT2D eigenvalue weighted by Gasteiger charge is -2.31. The molecule has 0 aromatic heterocycles. The number of rotatable bonds is 9. The molecule has 1 saturated heterocycles. The number of piperidine rings is 1. The van der Waals surface area contributed by atoms with E-state index < -0.39 is 0 Å². The summed E-state index contributed by atoms with van der Waals surface area (Å²) in [7, 11) is 0. The Balaban J connectivity index is 1.95. The highest BCUT2D eigenvalue weighted by molar-refractivity contribution is 4.72. The fraction of sp³-hybridized carbons (Fsp3) is 1.00. The molecule has 1 aliphatic rings. The topological polar surface area (TPSA) is 23.5 Å². The minimum absolute atomic E-state index is 0.343. The quantitative estimate of drug-likeness (QED) is 0.635. The minimum atomic E-state index is 0.343. The molecule has 0 unspecified atom stereocenters. The van der Waals surface area contributed by atoms with Crippen molar-refractivity contribution in [3.63, 3.8) is 0 Å². The lowest BCUT2D eigenvalue weighted by atomic mass is 9.90. The Hall–Kier alpha value is -0.0800. The third kappa shape index (κ3) is 7.38. The van der Waals surface area contributed by atoms with Gasteiger partial charge in [0.1, 0.15) is 0 Å². The standard InChI is InChI=1S/C16H33NO/c1-15(2)7-4-3-5-8-16-9-12-17(13-10-16)11-6-14-18/h15-16,18H,3-14H2,1-2H3. The molecule has 0 spiro atoms. The van der Waals surface area contributed by atoms with Gasteiger partial charge in [0.2, 0.25) is 0 Å². The van der Waals surface area contributed by atoms with Crippen LogP contribution < -0.4 is 0 Å².